The molecule has 1 saturated heterocycles. The average Bonchev–Trinajstić information content (AvgIpc) is 2.90. The highest BCUT2D eigenvalue weighted by Crippen LogP contribution is 2.37. The number of urea groups is 1. The van der Waals surface area contributed by atoms with E-state index < -0.39 is 11.9 Å². The number of piperidine rings is 1. The SMILES string of the molecule is CC(CCNC(=O)N1CC2CCC1C2)C(=O)O. The molecule has 0 radical (unpaired) electrons. The van der Waals surface area contributed by atoms with Crippen molar-refractivity contribution in [1.82, 2.24) is 10.2 Å². The van der Waals surface area contributed by atoms with Crippen LogP contribution >= 0.6 is 0 Å². The summed E-state index contributed by atoms with van der Waals surface area (Å²) in [5.74, 6) is -0.506. The van der Waals surface area contributed by atoms with Crippen LogP contribution < -0.4 is 5.32 Å². The van der Waals surface area contributed by atoms with E-state index in [0.29, 0.717) is 24.9 Å². The van der Waals surface area contributed by atoms with Gasteiger partial charge in [0.25, 0.3) is 0 Å². The normalized spacial score (nSPS) is 28.2. The van der Waals surface area contributed by atoms with Crippen LogP contribution in [0.1, 0.15) is 32.6 Å². The Morgan fingerprint density at radius 3 is 2.76 bits per heavy atom. The first-order valence-electron chi connectivity index (χ1n) is 6.35. The molecule has 1 heterocycles. The van der Waals surface area contributed by atoms with Gasteiger partial charge in [-0.15, -0.1) is 0 Å². The number of hydrogen-bond donors (Lipinski definition) is 2. The van der Waals surface area contributed by atoms with Crippen molar-refractivity contribution >= 4 is 12.0 Å². The second-order valence-corrected chi connectivity index (χ2v) is 5.25. The minimum atomic E-state index is -0.806. The zero-order chi connectivity index (χ0) is 12.4. The van der Waals surface area contributed by atoms with Gasteiger partial charge in [0.15, 0.2) is 0 Å². The average molecular weight is 240 g/mol. The van der Waals surface area contributed by atoms with E-state index in [1.54, 1.807) is 6.92 Å². The fourth-order valence-corrected chi connectivity index (χ4v) is 2.79. The fraction of sp³-hybridized carbons (Fsp3) is 0.833. The maximum atomic E-state index is 11.9. The van der Waals surface area contributed by atoms with Crippen molar-refractivity contribution in [3.8, 4) is 0 Å². The Hall–Kier alpha value is -1.26. The van der Waals surface area contributed by atoms with Crippen molar-refractivity contribution < 1.29 is 14.7 Å². The molecule has 2 rings (SSSR count). The highest BCUT2D eigenvalue weighted by molar-refractivity contribution is 5.75. The van der Waals surface area contributed by atoms with Gasteiger partial charge in [-0.2, -0.15) is 0 Å². The lowest BCUT2D eigenvalue weighted by atomic mass is 10.1. The van der Waals surface area contributed by atoms with E-state index in [9.17, 15) is 9.59 Å². The molecule has 5 nitrogen and oxygen atoms in total. The Balaban J connectivity index is 1.69. The number of carbonyl (C=O) groups is 2. The van der Waals surface area contributed by atoms with Gasteiger partial charge in [-0.1, -0.05) is 6.92 Å². The molecule has 2 aliphatic rings. The number of carboxylic acids is 1. The Labute approximate surface area is 101 Å². The summed E-state index contributed by atoms with van der Waals surface area (Å²) in [5.41, 5.74) is 0. The number of nitrogens with zero attached hydrogens (tertiary/aromatic N) is 1. The molecule has 0 aromatic heterocycles. The quantitative estimate of drug-likeness (QED) is 0.778. The van der Waals surface area contributed by atoms with Gasteiger partial charge in [-0.25, -0.2) is 4.79 Å². The van der Waals surface area contributed by atoms with Crippen molar-refractivity contribution in [1.29, 1.82) is 0 Å². The van der Waals surface area contributed by atoms with E-state index in [0.717, 1.165) is 19.4 Å². The number of carboxylic acid groups (broad SMARTS) is 1. The first kappa shape index (κ1) is 12.2. The summed E-state index contributed by atoms with van der Waals surface area (Å²) in [7, 11) is 0. The number of nitrogens with one attached hydrogen (secondary N) is 1. The molecular weight excluding hydrogens is 220 g/mol. The summed E-state index contributed by atoms with van der Waals surface area (Å²) in [6.07, 6.45) is 4.02. The summed E-state index contributed by atoms with van der Waals surface area (Å²) in [6, 6.07) is 0.409. The molecule has 0 spiro atoms. The minimum absolute atomic E-state index is 0.0187. The first-order valence-corrected chi connectivity index (χ1v) is 6.35. The molecule has 3 unspecified atom stereocenters. The highest BCUT2D eigenvalue weighted by Gasteiger charge is 2.40. The monoisotopic (exact) mass is 240 g/mol. The van der Waals surface area contributed by atoms with Crippen LogP contribution in [-0.4, -0.2) is 41.1 Å². The number of likely N-dealkylation sites (tertiary alicyclic amines) is 1. The topological polar surface area (TPSA) is 69.6 Å². The van der Waals surface area contributed by atoms with Crippen LogP contribution in [0.15, 0.2) is 0 Å². The summed E-state index contributed by atoms with van der Waals surface area (Å²) < 4.78 is 0. The maximum Gasteiger partial charge on any atom is 0.317 e. The molecule has 2 bridgehead atoms. The Morgan fingerprint density at radius 2 is 2.24 bits per heavy atom. The zero-order valence-electron chi connectivity index (χ0n) is 10.2. The van der Waals surface area contributed by atoms with E-state index >= 15 is 0 Å². The van der Waals surface area contributed by atoms with Gasteiger partial charge < -0.3 is 15.3 Å². The van der Waals surface area contributed by atoms with Crippen LogP contribution in [0.25, 0.3) is 0 Å². The third-order valence-corrected chi connectivity index (χ3v) is 3.95. The summed E-state index contributed by atoms with van der Waals surface area (Å²) >= 11 is 0. The standard InChI is InChI=1S/C12H20N2O3/c1-8(11(15)16)4-5-13-12(17)14-7-9-2-3-10(14)6-9/h8-10H,2-7H2,1H3,(H,13,17)(H,15,16). The Kier molecular flexibility index (Phi) is 3.54. The maximum absolute atomic E-state index is 11.9. The molecule has 2 fully saturated rings. The van der Waals surface area contributed by atoms with Crippen LogP contribution in [0.4, 0.5) is 4.79 Å². The van der Waals surface area contributed by atoms with Gasteiger partial charge in [-0.3, -0.25) is 4.79 Å². The van der Waals surface area contributed by atoms with Gasteiger partial charge in [-0.05, 0) is 31.6 Å². The van der Waals surface area contributed by atoms with Gasteiger partial charge in [0.2, 0.25) is 0 Å². The van der Waals surface area contributed by atoms with E-state index in [1.807, 2.05) is 4.90 Å². The predicted molar refractivity (Wildman–Crippen MR) is 62.7 cm³/mol. The molecule has 2 N–H and O–H groups in total. The van der Waals surface area contributed by atoms with Crippen LogP contribution in [0.3, 0.4) is 0 Å². The lowest BCUT2D eigenvalue weighted by molar-refractivity contribution is -0.141. The molecule has 1 aliphatic heterocycles. The van der Waals surface area contributed by atoms with Crippen molar-refractivity contribution in [2.24, 2.45) is 11.8 Å². The van der Waals surface area contributed by atoms with Crippen LogP contribution in [0.2, 0.25) is 0 Å². The molecule has 2 amide bonds. The van der Waals surface area contributed by atoms with Crippen molar-refractivity contribution in [3.05, 3.63) is 0 Å². The first-order chi connectivity index (χ1) is 8.08. The number of aliphatic carboxylic acids is 1. The van der Waals surface area contributed by atoms with E-state index in [2.05, 4.69) is 5.32 Å². The van der Waals surface area contributed by atoms with Gasteiger partial charge in [0, 0.05) is 19.1 Å². The summed E-state index contributed by atoms with van der Waals surface area (Å²) in [4.78, 5) is 24.4. The molecular formula is C12H20N2O3. The molecule has 0 aromatic rings. The number of fused-ring (bicyclic) bond motifs is 2. The van der Waals surface area contributed by atoms with Crippen molar-refractivity contribution in [3.63, 3.8) is 0 Å². The largest absolute Gasteiger partial charge is 0.481 e. The molecule has 1 aliphatic carbocycles. The number of amides is 2. The second kappa shape index (κ2) is 4.94. The van der Waals surface area contributed by atoms with E-state index in [4.69, 9.17) is 5.11 Å². The van der Waals surface area contributed by atoms with Gasteiger partial charge >= 0.3 is 12.0 Å². The minimum Gasteiger partial charge on any atom is -0.481 e. The molecule has 1 saturated carbocycles. The fourth-order valence-electron chi connectivity index (χ4n) is 2.79. The zero-order valence-corrected chi connectivity index (χ0v) is 10.2. The Bertz CT molecular complexity index is 319. The van der Waals surface area contributed by atoms with Crippen LogP contribution in [0, 0.1) is 11.8 Å². The van der Waals surface area contributed by atoms with Crippen molar-refractivity contribution in [2.45, 2.75) is 38.6 Å². The Morgan fingerprint density at radius 1 is 1.47 bits per heavy atom. The lowest BCUT2D eigenvalue weighted by Gasteiger charge is -2.27. The molecule has 17 heavy (non-hydrogen) atoms. The predicted octanol–water partition coefficient (Wildman–Crippen LogP) is 1.29. The lowest BCUT2D eigenvalue weighted by Crippen LogP contribution is -2.44. The molecule has 3 atom stereocenters. The number of hydrogen-bond acceptors (Lipinski definition) is 2. The van der Waals surface area contributed by atoms with Crippen LogP contribution in [-0.2, 0) is 4.79 Å². The van der Waals surface area contributed by atoms with Crippen molar-refractivity contribution in [2.75, 3.05) is 13.1 Å². The highest BCUT2D eigenvalue weighted by atomic mass is 16.4. The third-order valence-electron chi connectivity index (χ3n) is 3.95. The second-order valence-electron chi connectivity index (χ2n) is 5.25. The smallest absolute Gasteiger partial charge is 0.317 e. The van der Waals surface area contributed by atoms with Gasteiger partial charge in [0.1, 0.15) is 0 Å². The number of carbonyl (C=O) groups excluding carboxylic acids is 1. The summed E-state index contributed by atoms with van der Waals surface area (Å²) in [5, 5.41) is 11.5. The third kappa shape index (κ3) is 2.70. The molecule has 96 valence electrons. The molecule has 5 heteroatoms. The molecule has 0 aromatic carbocycles. The van der Waals surface area contributed by atoms with E-state index in [-0.39, 0.29) is 6.03 Å². The van der Waals surface area contributed by atoms with Gasteiger partial charge in [0.05, 0.1) is 5.92 Å². The van der Waals surface area contributed by atoms with Crippen LogP contribution in [0.5, 0.6) is 0 Å². The summed E-state index contributed by atoms with van der Waals surface area (Å²) in [6.45, 7) is 2.98. The van der Waals surface area contributed by atoms with E-state index in [1.165, 1.54) is 6.42 Å². The number of rotatable bonds is 4.